The van der Waals surface area contributed by atoms with Gasteiger partial charge in [0.25, 0.3) is 0 Å². The summed E-state index contributed by atoms with van der Waals surface area (Å²) < 4.78 is 15.4. The SMILES string of the molecule is Brc1ccc2c3cccnc3n(-c3cccc(-c4nc(-c5ccccc5)nc(-c5ccccc5)n4)c3)c2c1.O[B]Oc1cccc2c1c1ccccc1n2-c1ccccc1.c1ccc(-c2cc(-c3cccc(-n4c5cc(-c6cccc7c6c6ccccc6n7-c6ccccc6)ccc5c5cccnc54)c3)nc(-c3ccccc3)n2)cc1. The number of benzene rings is 14. The highest BCUT2D eigenvalue weighted by Crippen LogP contribution is 2.43. The first-order valence-corrected chi connectivity index (χ1v) is 39.0. The van der Waals surface area contributed by atoms with Crippen LogP contribution in [0.15, 0.2) is 399 Å². The molecular formula is C101H66BBrN11O2. The first-order valence-electron chi connectivity index (χ1n) is 38.2. The molecule has 0 spiro atoms. The number of rotatable bonds is 13. The normalized spacial score (nSPS) is 11.4. The van der Waals surface area contributed by atoms with Crippen molar-refractivity contribution in [3.63, 3.8) is 0 Å². The van der Waals surface area contributed by atoms with E-state index in [-0.39, 0.29) is 0 Å². The van der Waals surface area contributed by atoms with E-state index in [0.29, 0.717) is 29.0 Å². The number of pyridine rings is 2. The van der Waals surface area contributed by atoms with Crippen molar-refractivity contribution in [3.05, 3.63) is 399 Å². The summed E-state index contributed by atoms with van der Waals surface area (Å²) in [6.07, 6.45) is 3.71. The number of para-hydroxylation sites is 4. The molecule has 0 saturated carbocycles. The summed E-state index contributed by atoms with van der Waals surface area (Å²) in [6.45, 7) is 0. The van der Waals surface area contributed by atoms with E-state index in [0.717, 1.165) is 151 Å². The lowest BCUT2D eigenvalue weighted by Gasteiger charge is -2.12. The predicted molar refractivity (Wildman–Crippen MR) is 476 cm³/mol. The summed E-state index contributed by atoms with van der Waals surface area (Å²) >= 11 is 3.65. The Bertz CT molecular complexity index is 7310. The third-order valence-electron chi connectivity index (χ3n) is 21.2. The Labute approximate surface area is 676 Å². The molecular weight excluding hydrogens is 1490 g/mol. The molecule has 0 bridgehead atoms. The molecule has 8 heterocycles. The monoisotopic (exact) mass is 1550 g/mol. The highest BCUT2D eigenvalue weighted by atomic mass is 79.9. The van der Waals surface area contributed by atoms with E-state index in [1.165, 1.54) is 27.4 Å². The fourth-order valence-electron chi connectivity index (χ4n) is 16.1. The second-order valence-corrected chi connectivity index (χ2v) is 29.0. The Morgan fingerprint density at radius 3 is 1.21 bits per heavy atom. The minimum Gasteiger partial charge on any atom is -0.537 e. The molecule has 22 rings (SSSR count). The van der Waals surface area contributed by atoms with Crippen molar-refractivity contribution < 1.29 is 9.68 Å². The number of halogens is 1. The Morgan fingerprint density at radius 1 is 0.259 bits per heavy atom. The molecule has 547 valence electrons. The lowest BCUT2D eigenvalue weighted by molar-refractivity contribution is 0.457. The molecule has 0 aliphatic heterocycles. The maximum Gasteiger partial charge on any atom is 0.569 e. The van der Waals surface area contributed by atoms with Crippen LogP contribution in [0.5, 0.6) is 5.75 Å². The average Bonchev–Trinajstić information content (AvgIpc) is 1.59. The Balaban J connectivity index is 0.000000124. The van der Waals surface area contributed by atoms with Crippen LogP contribution in [-0.2, 0) is 0 Å². The summed E-state index contributed by atoms with van der Waals surface area (Å²) in [5, 5.41) is 18.1. The molecule has 116 heavy (non-hydrogen) atoms. The van der Waals surface area contributed by atoms with Gasteiger partial charge >= 0.3 is 7.69 Å². The van der Waals surface area contributed by atoms with Gasteiger partial charge in [-0.15, -0.1) is 0 Å². The van der Waals surface area contributed by atoms with Gasteiger partial charge in [-0.1, -0.05) is 271 Å². The molecule has 1 N–H and O–H groups in total. The molecule has 0 unspecified atom stereocenters. The lowest BCUT2D eigenvalue weighted by atomic mass is 9.98. The van der Waals surface area contributed by atoms with Gasteiger partial charge in [-0.3, -0.25) is 9.13 Å². The van der Waals surface area contributed by atoms with Gasteiger partial charge in [0.15, 0.2) is 23.3 Å². The van der Waals surface area contributed by atoms with Gasteiger partial charge in [0, 0.05) is 116 Å². The zero-order chi connectivity index (χ0) is 77.4. The van der Waals surface area contributed by atoms with Crippen LogP contribution in [0.3, 0.4) is 0 Å². The molecule has 0 atom stereocenters. The molecule has 13 nitrogen and oxygen atoms in total. The van der Waals surface area contributed by atoms with Gasteiger partial charge in [-0.25, -0.2) is 34.9 Å². The molecule has 22 aromatic rings. The maximum atomic E-state index is 9.02. The van der Waals surface area contributed by atoms with Gasteiger partial charge in [0.2, 0.25) is 0 Å². The van der Waals surface area contributed by atoms with Gasteiger partial charge in [0.1, 0.15) is 17.0 Å². The molecule has 15 heteroatoms. The number of nitrogens with zero attached hydrogens (tertiary/aromatic N) is 11. The highest BCUT2D eigenvalue weighted by Gasteiger charge is 2.23. The van der Waals surface area contributed by atoms with Gasteiger partial charge in [-0.05, 0) is 139 Å². The van der Waals surface area contributed by atoms with Crippen LogP contribution in [0.25, 0.3) is 189 Å². The van der Waals surface area contributed by atoms with E-state index in [9.17, 15) is 0 Å². The minimum atomic E-state index is 0.620. The van der Waals surface area contributed by atoms with E-state index >= 15 is 0 Å². The predicted octanol–water partition coefficient (Wildman–Crippen LogP) is 24.6. The Kier molecular flexibility index (Phi) is 18.5. The van der Waals surface area contributed by atoms with Crippen LogP contribution < -0.4 is 4.65 Å². The third-order valence-corrected chi connectivity index (χ3v) is 21.7. The van der Waals surface area contributed by atoms with Crippen molar-refractivity contribution in [2.24, 2.45) is 0 Å². The van der Waals surface area contributed by atoms with Crippen molar-refractivity contribution in [3.8, 4) is 108 Å². The summed E-state index contributed by atoms with van der Waals surface area (Å²) in [5.74, 6) is 3.24. The van der Waals surface area contributed by atoms with Crippen molar-refractivity contribution in [2.75, 3.05) is 0 Å². The highest BCUT2D eigenvalue weighted by molar-refractivity contribution is 9.10. The van der Waals surface area contributed by atoms with E-state index in [2.05, 4.69) is 253 Å². The second kappa shape index (κ2) is 30.6. The Hall–Kier alpha value is -15.0. The first-order chi connectivity index (χ1) is 57.4. The fraction of sp³-hybridized carbons (Fsp3) is 0. The zero-order valence-electron chi connectivity index (χ0n) is 62.3. The van der Waals surface area contributed by atoms with E-state index in [1.54, 1.807) is 0 Å². The third kappa shape index (κ3) is 13.0. The van der Waals surface area contributed by atoms with Crippen LogP contribution in [0.1, 0.15) is 0 Å². The molecule has 0 aliphatic carbocycles. The molecule has 0 fully saturated rings. The van der Waals surface area contributed by atoms with E-state index < -0.39 is 0 Å². The summed E-state index contributed by atoms with van der Waals surface area (Å²) in [5.41, 5.74) is 22.6. The van der Waals surface area contributed by atoms with Gasteiger partial charge in [-0.2, -0.15) is 0 Å². The summed E-state index contributed by atoms with van der Waals surface area (Å²) in [4.78, 5) is 34.5. The van der Waals surface area contributed by atoms with Gasteiger partial charge in [0.05, 0.1) is 44.5 Å². The van der Waals surface area contributed by atoms with Crippen molar-refractivity contribution >= 4 is 111 Å². The molecule has 14 aromatic carbocycles. The van der Waals surface area contributed by atoms with Crippen LogP contribution in [0.2, 0.25) is 0 Å². The first kappa shape index (κ1) is 70.1. The lowest BCUT2D eigenvalue weighted by Crippen LogP contribution is -2.01. The quantitative estimate of drug-likeness (QED) is 0.112. The number of hydrogen-bond acceptors (Lipinski definition) is 9. The second-order valence-electron chi connectivity index (χ2n) is 28.1. The molecule has 0 aliphatic rings. The summed E-state index contributed by atoms with van der Waals surface area (Å²) in [6, 6.07) is 131. The molecule has 0 amide bonds. The van der Waals surface area contributed by atoms with Crippen molar-refractivity contribution in [1.29, 1.82) is 0 Å². The van der Waals surface area contributed by atoms with Crippen molar-refractivity contribution in [2.45, 2.75) is 0 Å². The zero-order valence-corrected chi connectivity index (χ0v) is 63.8. The maximum absolute atomic E-state index is 9.02. The van der Waals surface area contributed by atoms with Crippen LogP contribution in [0.4, 0.5) is 0 Å². The molecule has 0 saturated heterocycles. The number of aromatic nitrogens is 11. The van der Waals surface area contributed by atoms with E-state index in [4.69, 9.17) is 44.6 Å². The van der Waals surface area contributed by atoms with Gasteiger partial charge < -0.3 is 18.8 Å². The largest absolute Gasteiger partial charge is 0.569 e. The fourth-order valence-corrected chi connectivity index (χ4v) is 16.4. The standard InChI is InChI=1S/C51H33N5.C32H20BrN5.C18H13BNO2/c1-4-15-34(16-5-1)44-33-45(54-50(53-44)35-17-6-2-7-18-35)37-19-12-22-39(31-37)56-48-32-36(28-29-41(48)42-25-14-30-52-51(42)56)40-24-13-27-47-49(40)43-23-10-11-26-46(43)55(47)38-20-8-3-9-21-38;33-24-16-17-26-27-15-8-18-34-32(27)38(28(26)20-24)25-14-7-13-23(19-25)31-36-29(21-9-3-1-4-10-21)35-30(37-31)22-11-5-2-6-12-22;21-19-22-17-12-6-11-16-18(17)14-9-4-5-10-15(14)20(16)13-7-2-1-3-8-13/h1-33H;1-20H;1-12,21H. The topological polar surface area (TPSA) is 139 Å². The molecule has 8 aromatic heterocycles. The number of hydrogen-bond donors (Lipinski definition) is 1. The average molecular weight is 1560 g/mol. The summed E-state index contributed by atoms with van der Waals surface area (Å²) in [7, 11) is 0.726. The van der Waals surface area contributed by atoms with Crippen LogP contribution in [-0.4, -0.2) is 65.9 Å². The smallest absolute Gasteiger partial charge is 0.537 e. The van der Waals surface area contributed by atoms with E-state index in [1.807, 2.05) is 176 Å². The van der Waals surface area contributed by atoms with Crippen LogP contribution in [0, 0.1) is 0 Å². The van der Waals surface area contributed by atoms with Crippen molar-refractivity contribution in [1.82, 2.24) is 53.2 Å². The minimum absolute atomic E-state index is 0.620. The van der Waals surface area contributed by atoms with Crippen LogP contribution >= 0.6 is 15.9 Å². The number of fused-ring (bicyclic) bond motifs is 12. The molecule has 1 radical (unpaired) electrons. The Morgan fingerprint density at radius 2 is 0.655 bits per heavy atom.